The number of thioether (sulfide) groups is 1. The molecule has 1 aromatic heterocycles. The summed E-state index contributed by atoms with van der Waals surface area (Å²) in [5.74, 6) is 0.548. The summed E-state index contributed by atoms with van der Waals surface area (Å²) >= 11 is 6.77. The number of hydroxylamine groups is 1. The second-order valence-electron chi connectivity index (χ2n) is 4.46. The van der Waals surface area contributed by atoms with Gasteiger partial charge in [-0.1, -0.05) is 24.0 Å². The minimum atomic E-state index is -0.315. The molecule has 0 aromatic carbocycles. The Bertz CT molecular complexity index is 454. The van der Waals surface area contributed by atoms with Gasteiger partial charge in [0.1, 0.15) is 9.07 Å². The molecule has 0 amide bonds. The van der Waals surface area contributed by atoms with Crippen molar-refractivity contribution in [2.75, 3.05) is 7.05 Å². The number of nitrogens with zero attached hydrogens (tertiary/aromatic N) is 2. The zero-order valence-electron chi connectivity index (χ0n) is 9.91. The van der Waals surface area contributed by atoms with E-state index in [0.29, 0.717) is 5.76 Å². The van der Waals surface area contributed by atoms with Crippen molar-refractivity contribution in [1.82, 2.24) is 4.90 Å². The van der Waals surface area contributed by atoms with E-state index < -0.39 is 0 Å². The van der Waals surface area contributed by atoms with Crippen LogP contribution >= 0.6 is 24.0 Å². The van der Waals surface area contributed by atoms with E-state index in [4.69, 9.17) is 16.6 Å². The summed E-state index contributed by atoms with van der Waals surface area (Å²) < 4.78 is 6.55. The zero-order valence-corrected chi connectivity index (χ0v) is 11.5. The van der Waals surface area contributed by atoms with Crippen molar-refractivity contribution in [1.29, 1.82) is 0 Å². The van der Waals surface area contributed by atoms with Gasteiger partial charge in [-0.25, -0.2) is 0 Å². The van der Waals surface area contributed by atoms with Crippen molar-refractivity contribution in [3.63, 3.8) is 0 Å². The van der Waals surface area contributed by atoms with Crippen LogP contribution in [0.1, 0.15) is 19.6 Å². The Kier molecular flexibility index (Phi) is 3.18. The molecule has 0 unspecified atom stereocenters. The monoisotopic (exact) mass is 270 g/mol. The van der Waals surface area contributed by atoms with Gasteiger partial charge in [-0.3, -0.25) is 0 Å². The Morgan fingerprint density at radius 3 is 2.82 bits per heavy atom. The van der Waals surface area contributed by atoms with Gasteiger partial charge >= 0.3 is 0 Å². The van der Waals surface area contributed by atoms with Gasteiger partial charge in [0.25, 0.3) is 6.17 Å². The van der Waals surface area contributed by atoms with Crippen LogP contribution in [-0.2, 0) is 0 Å². The van der Waals surface area contributed by atoms with Gasteiger partial charge in [-0.15, -0.1) is 0 Å². The van der Waals surface area contributed by atoms with Crippen LogP contribution in [0.5, 0.6) is 0 Å². The van der Waals surface area contributed by atoms with E-state index in [1.54, 1.807) is 30.2 Å². The standard InChI is InChI=1S/C11H14N2O2S2/c1-11(2)9(12(3)10(16)17-11)13(14)7-8-5-4-6-15-8/h4-7,9H,1-3H3/b13-7-/t9-/m0/s1. The van der Waals surface area contributed by atoms with Crippen LogP contribution in [0, 0.1) is 5.21 Å². The predicted molar refractivity (Wildman–Crippen MR) is 73.3 cm³/mol. The van der Waals surface area contributed by atoms with Crippen molar-refractivity contribution in [2.45, 2.75) is 24.8 Å². The lowest BCUT2D eigenvalue weighted by Crippen LogP contribution is -2.46. The molecule has 2 rings (SSSR count). The minimum absolute atomic E-state index is 0.239. The second kappa shape index (κ2) is 4.34. The molecular formula is C11H14N2O2S2. The fourth-order valence-electron chi connectivity index (χ4n) is 1.95. The predicted octanol–water partition coefficient (Wildman–Crippen LogP) is 2.28. The first-order valence-electron chi connectivity index (χ1n) is 5.21. The Balaban J connectivity index is 2.30. The highest BCUT2D eigenvalue weighted by Gasteiger charge is 2.48. The van der Waals surface area contributed by atoms with Gasteiger partial charge < -0.3 is 14.5 Å². The van der Waals surface area contributed by atoms with Gasteiger partial charge in [0.15, 0.2) is 5.76 Å². The van der Waals surface area contributed by atoms with Crippen LogP contribution in [-0.4, -0.2) is 38.1 Å². The van der Waals surface area contributed by atoms with Gasteiger partial charge in [0.05, 0.1) is 6.26 Å². The average molecular weight is 270 g/mol. The third-order valence-electron chi connectivity index (χ3n) is 2.67. The molecule has 1 atom stereocenters. The number of hydrogen-bond acceptors (Lipinski definition) is 4. The van der Waals surface area contributed by atoms with Gasteiger partial charge in [0.2, 0.25) is 6.21 Å². The molecule has 0 spiro atoms. The lowest BCUT2D eigenvalue weighted by molar-refractivity contribution is -0.522. The number of rotatable bonds is 2. The summed E-state index contributed by atoms with van der Waals surface area (Å²) in [6, 6.07) is 3.50. The summed E-state index contributed by atoms with van der Waals surface area (Å²) in [5.41, 5.74) is 0. The highest BCUT2D eigenvalue weighted by Crippen LogP contribution is 2.40. The van der Waals surface area contributed by atoms with Crippen molar-refractivity contribution in [2.24, 2.45) is 0 Å². The fraction of sp³-hybridized carbons (Fsp3) is 0.455. The molecule has 2 heterocycles. The van der Waals surface area contributed by atoms with E-state index in [2.05, 4.69) is 0 Å². The first-order valence-corrected chi connectivity index (χ1v) is 6.44. The smallest absolute Gasteiger partial charge is 0.254 e. The van der Waals surface area contributed by atoms with E-state index in [9.17, 15) is 5.21 Å². The molecule has 17 heavy (non-hydrogen) atoms. The Morgan fingerprint density at radius 1 is 1.65 bits per heavy atom. The second-order valence-corrected chi connectivity index (χ2v) is 6.75. The van der Waals surface area contributed by atoms with Crippen LogP contribution in [0.4, 0.5) is 0 Å². The molecule has 1 aliphatic heterocycles. The molecule has 0 radical (unpaired) electrons. The lowest BCUT2D eigenvalue weighted by Gasteiger charge is -2.26. The first-order chi connectivity index (χ1) is 7.92. The summed E-state index contributed by atoms with van der Waals surface area (Å²) in [4.78, 5) is 1.83. The Morgan fingerprint density at radius 2 is 2.35 bits per heavy atom. The first kappa shape index (κ1) is 12.4. The largest absolute Gasteiger partial charge is 0.622 e. The highest BCUT2D eigenvalue weighted by molar-refractivity contribution is 8.24. The number of hydrogen-bond donors (Lipinski definition) is 0. The maximum Gasteiger partial charge on any atom is 0.254 e. The third kappa shape index (κ3) is 2.32. The van der Waals surface area contributed by atoms with E-state index in [1.807, 2.05) is 25.8 Å². The zero-order chi connectivity index (χ0) is 12.6. The van der Waals surface area contributed by atoms with E-state index in [0.717, 1.165) is 9.06 Å². The van der Waals surface area contributed by atoms with E-state index >= 15 is 0 Å². The molecule has 0 bridgehead atoms. The summed E-state index contributed by atoms with van der Waals surface area (Å²) in [6.45, 7) is 4.03. The Labute approximate surface area is 110 Å². The quantitative estimate of drug-likeness (QED) is 0.271. The van der Waals surface area contributed by atoms with E-state index in [-0.39, 0.29) is 10.9 Å². The van der Waals surface area contributed by atoms with Gasteiger partial charge in [-0.2, -0.15) is 4.74 Å². The molecule has 1 saturated heterocycles. The molecule has 4 nitrogen and oxygen atoms in total. The van der Waals surface area contributed by atoms with Crippen molar-refractivity contribution in [3.05, 3.63) is 29.4 Å². The van der Waals surface area contributed by atoms with Crippen LogP contribution < -0.4 is 0 Å². The molecule has 92 valence electrons. The molecule has 1 aliphatic rings. The summed E-state index contributed by atoms with van der Waals surface area (Å²) in [5, 5.41) is 12.2. The molecule has 0 aliphatic carbocycles. The van der Waals surface area contributed by atoms with Crippen LogP contribution in [0.3, 0.4) is 0 Å². The van der Waals surface area contributed by atoms with Crippen LogP contribution in [0.15, 0.2) is 22.8 Å². The molecular weight excluding hydrogens is 256 g/mol. The maximum atomic E-state index is 12.2. The summed E-state index contributed by atoms with van der Waals surface area (Å²) in [7, 11) is 1.84. The molecule has 1 fully saturated rings. The average Bonchev–Trinajstić information content (AvgIpc) is 2.74. The van der Waals surface area contributed by atoms with Gasteiger partial charge in [-0.05, 0) is 26.0 Å². The minimum Gasteiger partial charge on any atom is -0.622 e. The van der Waals surface area contributed by atoms with Crippen molar-refractivity contribution in [3.8, 4) is 0 Å². The maximum absolute atomic E-state index is 12.2. The van der Waals surface area contributed by atoms with Crippen molar-refractivity contribution < 1.29 is 9.16 Å². The molecule has 0 N–H and O–H groups in total. The topological polar surface area (TPSA) is 42.5 Å². The SMILES string of the molecule is CN1C(=S)SC(C)(C)[C@@H]1/[N+]([O-])=C/c1ccco1. The van der Waals surface area contributed by atoms with E-state index in [1.165, 1.54) is 6.21 Å². The fourth-order valence-corrected chi connectivity index (χ4v) is 3.76. The molecule has 6 heteroatoms. The number of thiocarbonyl (C=S) groups is 1. The summed E-state index contributed by atoms with van der Waals surface area (Å²) in [6.07, 6.45) is 2.69. The van der Waals surface area contributed by atoms with Gasteiger partial charge in [0, 0.05) is 7.05 Å². The highest BCUT2D eigenvalue weighted by atomic mass is 32.2. The molecule has 0 saturated carbocycles. The third-order valence-corrected chi connectivity index (χ3v) is 4.40. The lowest BCUT2D eigenvalue weighted by atomic mass is 10.1. The Hall–Kier alpha value is -1.01. The number of furan rings is 1. The van der Waals surface area contributed by atoms with Crippen molar-refractivity contribution >= 4 is 34.5 Å². The normalized spacial score (nSPS) is 24.4. The van der Waals surface area contributed by atoms with Crippen LogP contribution in [0.25, 0.3) is 0 Å². The van der Waals surface area contributed by atoms with Crippen LogP contribution in [0.2, 0.25) is 0 Å². The molecule has 1 aromatic rings.